The smallest absolute Gasteiger partial charge is 0.244 e. The largest absolute Gasteiger partial charge is 0.273 e. The van der Waals surface area contributed by atoms with E-state index in [4.69, 9.17) is 0 Å². The quantitative estimate of drug-likeness (QED) is 0.653. The summed E-state index contributed by atoms with van der Waals surface area (Å²) in [5, 5.41) is 5.12. The van der Waals surface area contributed by atoms with Crippen molar-refractivity contribution in [1.29, 1.82) is 0 Å². The summed E-state index contributed by atoms with van der Waals surface area (Å²) in [6.45, 7) is 8.16. The number of benzene rings is 2. The Kier molecular flexibility index (Phi) is 3.36. The van der Waals surface area contributed by atoms with E-state index in [1.165, 1.54) is 22.7 Å². The third-order valence-corrected chi connectivity index (χ3v) is 3.95. The Morgan fingerprint density at radius 3 is 2.23 bits per heavy atom. The Balaban J connectivity index is 2.02. The molecule has 2 aromatic carbocycles. The average Bonchev–Trinajstić information content (AvgIpc) is 2.89. The van der Waals surface area contributed by atoms with Gasteiger partial charge in [-0.2, -0.15) is 5.10 Å². The first kappa shape index (κ1) is 14.5. The maximum atomic E-state index is 11.5. The molecule has 0 aliphatic rings. The number of rotatable bonds is 1. The van der Waals surface area contributed by atoms with E-state index in [1.807, 2.05) is 12.1 Å². The molecule has 0 amide bonds. The van der Waals surface area contributed by atoms with Crippen LogP contribution in [0.4, 0.5) is 0 Å². The molecule has 3 aromatic rings. The van der Waals surface area contributed by atoms with Crippen molar-refractivity contribution >= 4 is 16.8 Å². The highest BCUT2D eigenvalue weighted by atomic mass is 16.2. The fourth-order valence-corrected chi connectivity index (χ4v) is 2.63. The van der Waals surface area contributed by atoms with Crippen LogP contribution >= 0.6 is 0 Å². The van der Waals surface area contributed by atoms with Crippen LogP contribution in [0.1, 0.15) is 38.1 Å². The number of nitrogens with zero attached hydrogens (tertiary/aromatic N) is 2. The van der Waals surface area contributed by atoms with Crippen LogP contribution in [0.15, 0.2) is 48.7 Å². The lowest BCUT2D eigenvalue weighted by Gasteiger charge is -2.19. The average molecular weight is 292 g/mol. The third kappa shape index (κ3) is 2.54. The number of carbonyl (C=O) groups is 1. The highest BCUT2D eigenvalue weighted by Crippen LogP contribution is 2.28. The second-order valence-electron chi connectivity index (χ2n) is 6.68. The van der Waals surface area contributed by atoms with E-state index in [0.717, 1.165) is 16.5 Å². The molecule has 0 fully saturated rings. The first-order valence-corrected chi connectivity index (χ1v) is 7.46. The topological polar surface area (TPSA) is 34.9 Å². The summed E-state index contributed by atoms with van der Waals surface area (Å²) in [5.74, 6) is -0.0720. The molecule has 0 saturated heterocycles. The van der Waals surface area contributed by atoms with Gasteiger partial charge in [-0.1, -0.05) is 51.1 Å². The lowest BCUT2D eigenvalue weighted by atomic mass is 9.86. The molecule has 1 heterocycles. The van der Waals surface area contributed by atoms with E-state index in [1.54, 1.807) is 6.20 Å². The summed E-state index contributed by atoms with van der Waals surface area (Å²) < 4.78 is 1.43. The zero-order valence-corrected chi connectivity index (χ0v) is 13.4. The molecule has 3 heteroatoms. The molecule has 0 aliphatic heterocycles. The molecule has 3 nitrogen and oxygen atoms in total. The molecule has 0 aliphatic carbocycles. The van der Waals surface area contributed by atoms with Crippen LogP contribution in [0.25, 0.3) is 22.0 Å². The molecule has 0 saturated carbocycles. The van der Waals surface area contributed by atoms with Crippen molar-refractivity contribution in [2.45, 2.75) is 33.1 Å². The summed E-state index contributed by atoms with van der Waals surface area (Å²) in [7, 11) is 0. The van der Waals surface area contributed by atoms with E-state index < -0.39 is 0 Å². The second-order valence-corrected chi connectivity index (χ2v) is 6.68. The lowest BCUT2D eigenvalue weighted by molar-refractivity contribution is 0.0927. The molecule has 3 rings (SSSR count). The van der Waals surface area contributed by atoms with E-state index in [9.17, 15) is 4.79 Å². The minimum absolute atomic E-state index is 0.0720. The summed E-state index contributed by atoms with van der Waals surface area (Å²) in [6.07, 6.45) is 1.74. The van der Waals surface area contributed by atoms with Crippen molar-refractivity contribution < 1.29 is 4.79 Å². The molecule has 0 bridgehead atoms. The minimum Gasteiger partial charge on any atom is -0.273 e. The molecule has 0 N–H and O–H groups in total. The molecule has 112 valence electrons. The third-order valence-electron chi connectivity index (χ3n) is 3.95. The summed E-state index contributed by atoms with van der Waals surface area (Å²) in [5.41, 5.74) is 4.64. The van der Waals surface area contributed by atoms with Crippen LogP contribution in [0.3, 0.4) is 0 Å². The first-order chi connectivity index (χ1) is 10.4. The Bertz CT molecular complexity index is 836. The zero-order chi connectivity index (χ0) is 15.9. The first-order valence-electron chi connectivity index (χ1n) is 7.46. The van der Waals surface area contributed by atoms with Crippen molar-refractivity contribution in [3.63, 3.8) is 0 Å². The molecular formula is C19H20N2O. The molecule has 0 radical (unpaired) electrons. The number of carbonyl (C=O) groups excluding carboxylic acids is 1. The predicted octanol–water partition coefficient (Wildman–Crippen LogP) is 4.66. The summed E-state index contributed by atoms with van der Waals surface area (Å²) >= 11 is 0. The van der Waals surface area contributed by atoms with Gasteiger partial charge in [0.2, 0.25) is 5.91 Å². The number of fused-ring (bicyclic) bond motifs is 1. The Hall–Kier alpha value is -2.42. The van der Waals surface area contributed by atoms with Gasteiger partial charge < -0.3 is 0 Å². The normalized spacial score (nSPS) is 11.8. The SMILES string of the molecule is CC(=O)n1ncc2cc(-c3ccc(C(C)(C)C)cc3)ccc21. The van der Waals surface area contributed by atoms with Crippen LogP contribution in [-0.2, 0) is 5.41 Å². The number of aromatic nitrogens is 2. The van der Waals surface area contributed by atoms with E-state index in [2.05, 4.69) is 56.2 Å². The fourth-order valence-electron chi connectivity index (χ4n) is 2.63. The number of hydrogen-bond donors (Lipinski definition) is 0. The van der Waals surface area contributed by atoms with Gasteiger partial charge in [0.1, 0.15) is 0 Å². The highest BCUT2D eigenvalue weighted by molar-refractivity contribution is 5.92. The van der Waals surface area contributed by atoms with Gasteiger partial charge >= 0.3 is 0 Å². The van der Waals surface area contributed by atoms with E-state index >= 15 is 0 Å². The van der Waals surface area contributed by atoms with E-state index in [0.29, 0.717) is 0 Å². The van der Waals surface area contributed by atoms with Gasteiger partial charge in [-0.15, -0.1) is 0 Å². The Morgan fingerprint density at radius 1 is 1.00 bits per heavy atom. The maximum Gasteiger partial charge on any atom is 0.244 e. The van der Waals surface area contributed by atoms with Gasteiger partial charge in [0.05, 0.1) is 11.7 Å². The molecule has 0 spiro atoms. The molecular weight excluding hydrogens is 272 g/mol. The van der Waals surface area contributed by atoms with Crippen molar-refractivity contribution in [1.82, 2.24) is 9.78 Å². The van der Waals surface area contributed by atoms with Gasteiger partial charge in [-0.25, -0.2) is 4.68 Å². The minimum atomic E-state index is -0.0720. The van der Waals surface area contributed by atoms with Gasteiger partial charge in [0, 0.05) is 12.3 Å². The van der Waals surface area contributed by atoms with Gasteiger partial charge in [0.15, 0.2) is 0 Å². The standard InChI is InChI=1S/C19H20N2O/c1-13(22)21-18-10-7-15(11-16(18)12-20-21)14-5-8-17(9-6-14)19(2,3)4/h5-12H,1-4H3. The predicted molar refractivity (Wildman–Crippen MR) is 90.2 cm³/mol. The van der Waals surface area contributed by atoms with Crippen LogP contribution in [0.2, 0.25) is 0 Å². The maximum absolute atomic E-state index is 11.5. The van der Waals surface area contributed by atoms with Crippen LogP contribution < -0.4 is 0 Å². The van der Waals surface area contributed by atoms with Crippen LogP contribution in [0.5, 0.6) is 0 Å². The molecule has 0 atom stereocenters. The van der Waals surface area contributed by atoms with Gasteiger partial charge in [-0.05, 0) is 34.2 Å². The Morgan fingerprint density at radius 2 is 1.64 bits per heavy atom. The monoisotopic (exact) mass is 292 g/mol. The van der Waals surface area contributed by atoms with Crippen LogP contribution in [0, 0.1) is 0 Å². The Labute approximate surface area is 130 Å². The highest BCUT2D eigenvalue weighted by Gasteiger charge is 2.13. The summed E-state index contributed by atoms with van der Waals surface area (Å²) in [6, 6.07) is 14.7. The van der Waals surface area contributed by atoms with Crippen molar-refractivity contribution in [3.05, 3.63) is 54.2 Å². The van der Waals surface area contributed by atoms with Crippen molar-refractivity contribution in [2.75, 3.05) is 0 Å². The summed E-state index contributed by atoms with van der Waals surface area (Å²) in [4.78, 5) is 11.5. The molecule has 22 heavy (non-hydrogen) atoms. The lowest BCUT2D eigenvalue weighted by Crippen LogP contribution is -2.10. The van der Waals surface area contributed by atoms with Gasteiger partial charge in [-0.3, -0.25) is 4.79 Å². The molecule has 0 unspecified atom stereocenters. The van der Waals surface area contributed by atoms with E-state index in [-0.39, 0.29) is 11.3 Å². The second kappa shape index (κ2) is 5.09. The zero-order valence-electron chi connectivity index (χ0n) is 13.4. The van der Waals surface area contributed by atoms with Gasteiger partial charge in [0.25, 0.3) is 0 Å². The fraction of sp³-hybridized carbons (Fsp3) is 0.263. The van der Waals surface area contributed by atoms with Crippen molar-refractivity contribution in [3.8, 4) is 11.1 Å². The number of hydrogen-bond acceptors (Lipinski definition) is 2. The van der Waals surface area contributed by atoms with Crippen molar-refractivity contribution in [2.24, 2.45) is 0 Å². The molecule has 1 aromatic heterocycles. The van der Waals surface area contributed by atoms with Crippen LogP contribution in [-0.4, -0.2) is 15.7 Å².